The number of amides is 2. The zero-order chi connectivity index (χ0) is 28.7. The third-order valence-corrected chi connectivity index (χ3v) is 8.34. The molecule has 0 spiro atoms. The van der Waals surface area contributed by atoms with Crippen molar-refractivity contribution in [1.82, 2.24) is 10.2 Å². The van der Waals surface area contributed by atoms with Gasteiger partial charge in [0.2, 0.25) is 11.8 Å². The van der Waals surface area contributed by atoms with E-state index in [0.717, 1.165) is 21.0 Å². The van der Waals surface area contributed by atoms with Crippen molar-refractivity contribution >= 4 is 39.1 Å². The molecule has 3 aromatic rings. The monoisotopic (exact) mass is 569 g/mol. The number of nitrogens with zero attached hydrogens (tertiary/aromatic N) is 2. The summed E-state index contributed by atoms with van der Waals surface area (Å²) in [6.07, 6.45) is 0. The molecule has 0 aliphatic carbocycles. The molecule has 1 N–H and O–H groups in total. The van der Waals surface area contributed by atoms with Crippen LogP contribution in [-0.4, -0.2) is 44.3 Å². The van der Waals surface area contributed by atoms with Crippen molar-refractivity contribution in [1.29, 1.82) is 0 Å². The molecule has 0 saturated carbocycles. The largest absolute Gasteiger partial charge is 0.354 e. The van der Waals surface area contributed by atoms with Crippen LogP contribution < -0.4 is 9.62 Å². The molecule has 0 fully saturated rings. The van der Waals surface area contributed by atoms with Crippen LogP contribution in [0.1, 0.15) is 37.5 Å². The van der Waals surface area contributed by atoms with Crippen molar-refractivity contribution in [3.63, 3.8) is 0 Å². The SMILES string of the molecule is Cc1ccc(S(=O)(=O)N(CC(=O)N(Cc2ccc(Cl)cc2)[C@@H](C)C(=O)NCC(C)C)c2cccc(C)c2)cc1. The summed E-state index contributed by atoms with van der Waals surface area (Å²) < 4.78 is 28.8. The van der Waals surface area contributed by atoms with Gasteiger partial charge in [0.05, 0.1) is 10.6 Å². The van der Waals surface area contributed by atoms with Crippen molar-refractivity contribution in [3.8, 4) is 0 Å². The van der Waals surface area contributed by atoms with Crippen LogP contribution in [0.25, 0.3) is 0 Å². The number of sulfonamides is 1. The van der Waals surface area contributed by atoms with Gasteiger partial charge in [-0.1, -0.05) is 67.4 Å². The van der Waals surface area contributed by atoms with Gasteiger partial charge < -0.3 is 10.2 Å². The summed E-state index contributed by atoms with van der Waals surface area (Å²) in [5, 5.41) is 3.43. The van der Waals surface area contributed by atoms with E-state index in [4.69, 9.17) is 11.6 Å². The third kappa shape index (κ3) is 8.07. The van der Waals surface area contributed by atoms with Gasteiger partial charge in [-0.25, -0.2) is 8.42 Å². The number of carbonyl (C=O) groups excluding carboxylic acids is 2. The lowest BCUT2D eigenvalue weighted by Crippen LogP contribution is -2.51. The summed E-state index contributed by atoms with van der Waals surface area (Å²) in [7, 11) is -4.09. The average Bonchev–Trinajstić information content (AvgIpc) is 2.89. The molecule has 0 saturated heterocycles. The van der Waals surface area contributed by atoms with Crippen LogP contribution in [0.4, 0.5) is 5.69 Å². The van der Waals surface area contributed by atoms with E-state index >= 15 is 0 Å². The number of aryl methyl sites for hydroxylation is 2. The van der Waals surface area contributed by atoms with Gasteiger partial charge in [-0.05, 0) is 74.2 Å². The van der Waals surface area contributed by atoms with E-state index in [2.05, 4.69) is 5.32 Å². The average molecular weight is 570 g/mol. The lowest BCUT2D eigenvalue weighted by molar-refractivity contribution is -0.139. The second-order valence-electron chi connectivity index (χ2n) is 10.1. The van der Waals surface area contributed by atoms with Crippen LogP contribution in [0.2, 0.25) is 5.02 Å². The van der Waals surface area contributed by atoms with Crippen molar-refractivity contribution < 1.29 is 18.0 Å². The summed E-state index contributed by atoms with van der Waals surface area (Å²) in [6, 6.07) is 19.6. The Bertz CT molecular complexity index is 1390. The Labute approximate surface area is 236 Å². The van der Waals surface area contributed by atoms with E-state index in [1.807, 2.05) is 33.8 Å². The van der Waals surface area contributed by atoms with Gasteiger partial charge in [-0.3, -0.25) is 13.9 Å². The van der Waals surface area contributed by atoms with Gasteiger partial charge in [0, 0.05) is 18.1 Å². The Morgan fingerprint density at radius 2 is 1.54 bits per heavy atom. The number of nitrogens with one attached hydrogen (secondary N) is 1. The smallest absolute Gasteiger partial charge is 0.264 e. The van der Waals surface area contributed by atoms with Crippen molar-refractivity contribution in [3.05, 3.63) is 94.5 Å². The standard InChI is InChI=1S/C30H36ClN3O4S/c1-21(2)18-32-30(36)24(5)33(19-25-11-13-26(31)14-12-25)29(35)20-34(27-8-6-7-23(4)17-27)39(37,38)28-15-9-22(3)10-16-28/h6-17,21,24H,18-20H2,1-5H3,(H,32,36)/t24-/m0/s1. The Balaban J connectivity index is 2.01. The lowest BCUT2D eigenvalue weighted by Gasteiger charge is -2.32. The number of carbonyl (C=O) groups is 2. The second kappa shape index (κ2) is 13.1. The highest BCUT2D eigenvalue weighted by Crippen LogP contribution is 2.26. The van der Waals surface area contributed by atoms with Crippen molar-refractivity contribution in [2.24, 2.45) is 5.92 Å². The summed E-state index contributed by atoms with van der Waals surface area (Å²) in [4.78, 5) is 28.4. The number of rotatable bonds is 11. The Kier molecular flexibility index (Phi) is 10.2. The zero-order valence-electron chi connectivity index (χ0n) is 23.0. The van der Waals surface area contributed by atoms with Crippen LogP contribution in [0, 0.1) is 19.8 Å². The highest BCUT2D eigenvalue weighted by Gasteiger charge is 2.32. The number of anilines is 1. The fourth-order valence-corrected chi connectivity index (χ4v) is 5.50. The van der Waals surface area contributed by atoms with Crippen molar-refractivity contribution in [2.45, 2.75) is 52.1 Å². The molecule has 0 heterocycles. The minimum atomic E-state index is -4.09. The zero-order valence-corrected chi connectivity index (χ0v) is 24.6. The van der Waals surface area contributed by atoms with Gasteiger partial charge in [0.1, 0.15) is 12.6 Å². The molecule has 1 atom stereocenters. The first-order valence-corrected chi connectivity index (χ1v) is 14.7. The van der Waals surface area contributed by atoms with Gasteiger partial charge in [-0.15, -0.1) is 0 Å². The number of hydrogen-bond acceptors (Lipinski definition) is 4. The molecular formula is C30H36ClN3O4S. The van der Waals surface area contributed by atoms with E-state index in [1.54, 1.807) is 61.5 Å². The molecule has 0 aliphatic heterocycles. The Morgan fingerprint density at radius 1 is 0.897 bits per heavy atom. The molecule has 208 valence electrons. The van der Waals surface area contributed by atoms with Crippen LogP contribution in [0.3, 0.4) is 0 Å². The quantitative estimate of drug-likeness (QED) is 0.338. The normalized spacial score (nSPS) is 12.2. The Morgan fingerprint density at radius 3 is 2.13 bits per heavy atom. The van der Waals surface area contributed by atoms with E-state index in [0.29, 0.717) is 17.3 Å². The van der Waals surface area contributed by atoms with Crippen LogP contribution in [-0.2, 0) is 26.2 Å². The molecule has 0 aliphatic rings. The first-order valence-electron chi connectivity index (χ1n) is 12.9. The predicted molar refractivity (Wildman–Crippen MR) is 156 cm³/mol. The maximum Gasteiger partial charge on any atom is 0.264 e. The van der Waals surface area contributed by atoms with E-state index < -0.39 is 28.5 Å². The van der Waals surface area contributed by atoms with Crippen molar-refractivity contribution in [2.75, 3.05) is 17.4 Å². The molecule has 7 nitrogen and oxygen atoms in total. The van der Waals surface area contributed by atoms with Crippen LogP contribution in [0.15, 0.2) is 77.7 Å². The fraction of sp³-hybridized carbons (Fsp3) is 0.333. The maximum atomic E-state index is 13.9. The molecule has 2 amide bonds. The molecule has 0 aromatic heterocycles. The molecule has 0 unspecified atom stereocenters. The van der Waals surface area contributed by atoms with Gasteiger partial charge >= 0.3 is 0 Å². The Hall–Kier alpha value is -3.36. The molecule has 0 bridgehead atoms. The molecule has 9 heteroatoms. The predicted octanol–water partition coefficient (Wildman–Crippen LogP) is 5.34. The molecular weight excluding hydrogens is 534 g/mol. The summed E-state index contributed by atoms with van der Waals surface area (Å²) in [6.45, 7) is 9.44. The van der Waals surface area contributed by atoms with E-state index in [9.17, 15) is 18.0 Å². The first-order chi connectivity index (χ1) is 18.4. The molecule has 3 rings (SSSR count). The van der Waals surface area contributed by atoms with E-state index in [-0.39, 0.29) is 23.3 Å². The number of benzene rings is 3. The highest BCUT2D eigenvalue weighted by molar-refractivity contribution is 7.92. The first kappa shape index (κ1) is 30.2. The highest BCUT2D eigenvalue weighted by atomic mass is 35.5. The minimum absolute atomic E-state index is 0.0781. The molecule has 39 heavy (non-hydrogen) atoms. The number of halogens is 1. The van der Waals surface area contributed by atoms with E-state index in [1.165, 1.54) is 17.0 Å². The maximum absolute atomic E-state index is 13.9. The summed E-state index contributed by atoms with van der Waals surface area (Å²) in [5.41, 5.74) is 2.90. The van der Waals surface area contributed by atoms with Gasteiger partial charge in [0.15, 0.2) is 0 Å². The summed E-state index contributed by atoms with van der Waals surface area (Å²) in [5.74, 6) is -0.582. The second-order valence-corrected chi connectivity index (χ2v) is 12.4. The van der Waals surface area contributed by atoms with Crippen LogP contribution >= 0.6 is 11.6 Å². The summed E-state index contributed by atoms with van der Waals surface area (Å²) >= 11 is 6.04. The molecule has 3 aromatic carbocycles. The number of hydrogen-bond donors (Lipinski definition) is 1. The topological polar surface area (TPSA) is 86.8 Å². The molecule has 0 radical (unpaired) electrons. The fourth-order valence-electron chi connectivity index (χ4n) is 3.97. The van der Waals surface area contributed by atoms with Gasteiger partial charge in [0.25, 0.3) is 10.0 Å². The lowest BCUT2D eigenvalue weighted by atomic mass is 10.1. The minimum Gasteiger partial charge on any atom is -0.354 e. The van der Waals surface area contributed by atoms with Crippen LogP contribution in [0.5, 0.6) is 0 Å². The third-order valence-electron chi connectivity index (χ3n) is 6.30. The van der Waals surface area contributed by atoms with Gasteiger partial charge in [-0.2, -0.15) is 0 Å².